The first-order valence-electron chi connectivity index (χ1n) is 11.7. The van der Waals surface area contributed by atoms with Gasteiger partial charge in [-0.15, -0.1) is 0 Å². The van der Waals surface area contributed by atoms with E-state index in [4.69, 9.17) is 4.98 Å². The van der Waals surface area contributed by atoms with Gasteiger partial charge in [-0.1, -0.05) is 42.7 Å². The Bertz CT molecular complexity index is 1130. The number of anilines is 1. The number of aromatic nitrogens is 2. The molecule has 0 aliphatic carbocycles. The second kappa shape index (κ2) is 8.77. The number of likely N-dealkylation sites (tertiary alicyclic amines) is 1. The highest BCUT2D eigenvalue weighted by molar-refractivity contribution is 5.96. The van der Waals surface area contributed by atoms with Gasteiger partial charge in [0.2, 0.25) is 11.8 Å². The number of carbonyl (C=O) groups excluding carboxylic acids is 2. The van der Waals surface area contributed by atoms with E-state index >= 15 is 0 Å². The summed E-state index contributed by atoms with van der Waals surface area (Å²) in [6, 6.07) is 16.0. The number of hydrogen-bond donors (Lipinski definition) is 0. The number of para-hydroxylation sites is 2. The predicted molar refractivity (Wildman–Crippen MR) is 126 cm³/mol. The third kappa shape index (κ3) is 4.01. The van der Waals surface area contributed by atoms with E-state index in [1.54, 1.807) is 0 Å². The summed E-state index contributed by atoms with van der Waals surface area (Å²) >= 11 is 0. The quantitative estimate of drug-likeness (QED) is 0.621. The van der Waals surface area contributed by atoms with E-state index in [1.807, 2.05) is 65.3 Å². The lowest BCUT2D eigenvalue weighted by Crippen LogP contribution is -2.35. The molecule has 0 spiro atoms. The molecule has 32 heavy (non-hydrogen) atoms. The van der Waals surface area contributed by atoms with Crippen LogP contribution in [-0.2, 0) is 16.1 Å². The van der Waals surface area contributed by atoms with Crippen molar-refractivity contribution in [3.8, 4) is 0 Å². The molecule has 2 aliphatic rings. The van der Waals surface area contributed by atoms with Crippen molar-refractivity contribution in [3.63, 3.8) is 0 Å². The summed E-state index contributed by atoms with van der Waals surface area (Å²) in [5, 5.41) is 0. The summed E-state index contributed by atoms with van der Waals surface area (Å²) in [4.78, 5) is 34.9. The maximum absolute atomic E-state index is 13.2. The van der Waals surface area contributed by atoms with Crippen molar-refractivity contribution in [2.24, 2.45) is 0 Å². The molecule has 2 saturated heterocycles. The van der Waals surface area contributed by atoms with Crippen molar-refractivity contribution in [1.29, 1.82) is 0 Å². The van der Waals surface area contributed by atoms with Gasteiger partial charge in [0.05, 0.1) is 11.0 Å². The Balaban J connectivity index is 1.44. The fourth-order valence-electron chi connectivity index (χ4n) is 4.98. The van der Waals surface area contributed by atoms with Crippen molar-refractivity contribution >= 4 is 28.5 Å². The largest absolute Gasteiger partial charge is 0.341 e. The van der Waals surface area contributed by atoms with E-state index in [0.717, 1.165) is 48.5 Å². The third-order valence-electron chi connectivity index (χ3n) is 6.77. The maximum atomic E-state index is 13.2. The minimum atomic E-state index is -0.0341. The Morgan fingerprint density at radius 2 is 1.72 bits per heavy atom. The fraction of sp³-hybridized carbons (Fsp3) is 0.423. The summed E-state index contributed by atoms with van der Waals surface area (Å²) < 4.78 is 2.05. The number of carbonyl (C=O) groups is 2. The van der Waals surface area contributed by atoms with Gasteiger partial charge >= 0.3 is 0 Å². The molecule has 0 radical (unpaired) electrons. The minimum absolute atomic E-state index is 0.0341. The van der Waals surface area contributed by atoms with Gasteiger partial charge in [-0.05, 0) is 44.0 Å². The van der Waals surface area contributed by atoms with Crippen LogP contribution in [0.1, 0.15) is 49.4 Å². The average Bonchev–Trinajstić information content (AvgIpc) is 3.22. The first-order valence-corrected chi connectivity index (χ1v) is 11.7. The van der Waals surface area contributed by atoms with Crippen molar-refractivity contribution in [2.45, 2.75) is 51.5 Å². The fourth-order valence-corrected chi connectivity index (χ4v) is 4.98. The first kappa shape index (κ1) is 20.7. The molecule has 3 heterocycles. The molecule has 2 aliphatic heterocycles. The Morgan fingerprint density at radius 3 is 2.47 bits per heavy atom. The molecular weight excluding hydrogens is 400 g/mol. The Morgan fingerprint density at radius 1 is 1.00 bits per heavy atom. The molecule has 3 aromatic rings. The zero-order chi connectivity index (χ0) is 22.1. The molecule has 2 amide bonds. The van der Waals surface area contributed by atoms with Crippen LogP contribution in [0, 0.1) is 6.92 Å². The van der Waals surface area contributed by atoms with E-state index in [9.17, 15) is 9.59 Å². The van der Waals surface area contributed by atoms with E-state index in [2.05, 4.69) is 4.57 Å². The van der Waals surface area contributed by atoms with Crippen LogP contribution >= 0.6 is 0 Å². The van der Waals surface area contributed by atoms with Gasteiger partial charge in [0.15, 0.2) is 0 Å². The standard InChI is InChI=1S/C26H30N4O2/c1-19-10-12-21(13-11-19)29-17-20(16-24(29)31)26-27-22-8-4-5-9-23(22)30(26)18-25(32)28-14-6-2-3-7-15-28/h4-5,8-13,20H,2-3,6-7,14-18H2,1H3/t20-/m0/s1. The normalized spacial score (nSPS) is 19.5. The number of aryl methyl sites for hydroxylation is 1. The molecule has 0 saturated carbocycles. The molecule has 2 aromatic carbocycles. The summed E-state index contributed by atoms with van der Waals surface area (Å²) in [5.41, 5.74) is 3.94. The van der Waals surface area contributed by atoms with Gasteiger partial charge in [-0.25, -0.2) is 4.98 Å². The van der Waals surface area contributed by atoms with Gasteiger partial charge in [0.1, 0.15) is 12.4 Å². The molecule has 1 aromatic heterocycles. The van der Waals surface area contributed by atoms with Gasteiger partial charge in [0.25, 0.3) is 0 Å². The Kier molecular flexibility index (Phi) is 5.68. The molecular formula is C26H30N4O2. The molecule has 1 atom stereocenters. The van der Waals surface area contributed by atoms with Gasteiger partial charge < -0.3 is 14.4 Å². The zero-order valence-electron chi connectivity index (χ0n) is 18.7. The van der Waals surface area contributed by atoms with E-state index in [1.165, 1.54) is 18.4 Å². The smallest absolute Gasteiger partial charge is 0.242 e. The number of rotatable bonds is 4. The second-order valence-corrected chi connectivity index (χ2v) is 9.08. The van der Waals surface area contributed by atoms with Crippen LogP contribution in [0.2, 0.25) is 0 Å². The number of imidazole rings is 1. The molecule has 6 nitrogen and oxygen atoms in total. The van der Waals surface area contributed by atoms with Gasteiger partial charge in [-0.3, -0.25) is 9.59 Å². The molecule has 5 rings (SSSR count). The summed E-state index contributed by atoms with van der Waals surface area (Å²) in [7, 11) is 0. The highest BCUT2D eigenvalue weighted by Crippen LogP contribution is 2.33. The Labute approximate surface area is 188 Å². The van der Waals surface area contributed by atoms with E-state index in [-0.39, 0.29) is 24.3 Å². The molecule has 6 heteroatoms. The molecule has 0 N–H and O–H groups in total. The number of nitrogens with zero attached hydrogens (tertiary/aromatic N) is 4. The van der Waals surface area contributed by atoms with Crippen LogP contribution in [0.15, 0.2) is 48.5 Å². The van der Waals surface area contributed by atoms with Crippen LogP contribution in [-0.4, -0.2) is 45.9 Å². The predicted octanol–water partition coefficient (Wildman–Crippen LogP) is 4.27. The molecule has 0 unspecified atom stereocenters. The number of hydrogen-bond acceptors (Lipinski definition) is 3. The summed E-state index contributed by atoms with van der Waals surface area (Å²) in [5.74, 6) is 1.07. The van der Waals surface area contributed by atoms with Crippen LogP contribution in [0.4, 0.5) is 5.69 Å². The molecule has 166 valence electrons. The van der Waals surface area contributed by atoms with Crippen molar-refractivity contribution in [2.75, 3.05) is 24.5 Å². The maximum Gasteiger partial charge on any atom is 0.242 e. The number of fused-ring (bicyclic) bond motifs is 1. The Hall–Kier alpha value is -3.15. The SMILES string of the molecule is Cc1ccc(N2C[C@@H](c3nc4ccccc4n3CC(=O)N3CCCCCC3)CC2=O)cc1. The summed E-state index contributed by atoms with van der Waals surface area (Å²) in [6.45, 7) is 4.59. The van der Waals surface area contributed by atoms with Crippen LogP contribution < -0.4 is 4.90 Å². The highest BCUT2D eigenvalue weighted by Gasteiger charge is 2.35. The lowest BCUT2D eigenvalue weighted by molar-refractivity contribution is -0.131. The van der Waals surface area contributed by atoms with Crippen molar-refractivity contribution in [3.05, 3.63) is 59.9 Å². The average molecular weight is 431 g/mol. The lowest BCUT2D eigenvalue weighted by atomic mass is 10.1. The lowest BCUT2D eigenvalue weighted by Gasteiger charge is -2.22. The molecule has 0 bridgehead atoms. The number of amides is 2. The molecule has 2 fully saturated rings. The second-order valence-electron chi connectivity index (χ2n) is 9.08. The van der Waals surface area contributed by atoms with E-state index < -0.39 is 0 Å². The minimum Gasteiger partial charge on any atom is -0.341 e. The van der Waals surface area contributed by atoms with Crippen molar-refractivity contribution < 1.29 is 9.59 Å². The van der Waals surface area contributed by atoms with Crippen LogP contribution in [0.5, 0.6) is 0 Å². The zero-order valence-corrected chi connectivity index (χ0v) is 18.7. The van der Waals surface area contributed by atoms with Crippen molar-refractivity contribution in [1.82, 2.24) is 14.5 Å². The van der Waals surface area contributed by atoms with Crippen LogP contribution in [0.3, 0.4) is 0 Å². The van der Waals surface area contributed by atoms with Gasteiger partial charge in [-0.2, -0.15) is 0 Å². The topological polar surface area (TPSA) is 58.4 Å². The van der Waals surface area contributed by atoms with E-state index in [0.29, 0.717) is 13.0 Å². The van der Waals surface area contributed by atoms with Crippen LogP contribution in [0.25, 0.3) is 11.0 Å². The summed E-state index contributed by atoms with van der Waals surface area (Å²) in [6.07, 6.45) is 4.96. The highest BCUT2D eigenvalue weighted by atomic mass is 16.2. The monoisotopic (exact) mass is 430 g/mol. The van der Waals surface area contributed by atoms with Gasteiger partial charge in [0, 0.05) is 37.7 Å². The third-order valence-corrected chi connectivity index (χ3v) is 6.77. The number of benzene rings is 2. The first-order chi connectivity index (χ1) is 15.6.